The second kappa shape index (κ2) is 7.78. The zero-order valence-corrected chi connectivity index (χ0v) is 17.1. The van der Waals surface area contributed by atoms with E-state index in [-0.39, 0.29) is 0 Å². The SMILES string of the molecule is Cc1cc(C)c2c(c1)C(Nc1cc(Cl)cc(Cl)c1)=NC(c1cccnc1)=CC2. The molecule has 3 nitrogen and oxygen atoms in total. The predicted molar refractivity (Wildman–Crippen MR) is 118 cm³/mol. The van der Waals surface area contributed by atoms with Gasteiger partial charge in [-0.2, -0.15) is 0 Å². The third-order valence-corrected chi connectivity index (χ3v) is 5.12. The number of benzene rings is 2. The Hall–Kier alpha value is -2.62. The second-order valence-corrected chi connectivity index (χ2v) is 7.76. The van der Waals surface area contributed by atoms with Crippen LogP contribution in [0.15, 0.2) is 65.9 Å². The van der Waals surface area contributed by atoms with Crippen LogP contribution in [0.5, 0.6) is 0 Å². The molecule has 1 aliphatic heterocycles. The first kappa shape index (κ1) is 18.7. The molecule has 2 heterocycles. The summed E-state index contributed by atoms with van der Waals surface area (Å²) >= 11 is 12.4. The largest absolute Gasteiger partial charge is 0.340 e. The number of halogens is 2. The number of fused-ring (bicyclic) bond motifs is 1. The lowest BCUT2D eigenvalue weighted by Crippen LogP contribution is -2.16. The number of aliphatic imine (C=N–C) groups is 1. The van der Waals surface area contributed by atoms with E-state index in [1.54, 1.807) is 12.3 Å². The molecule has 5 heteroatoms. The molecule has 1 N–H and O–H groups in total. The van der Waals surface area contributed by atoms with Gasteiger partial charge in [0.15, 0.2) is 0 Å². The van der Waals surface area contributed by atoms with Crippen LogP contribution in [0.2, 0.25) is 10.0 Å². The second-order valence-electron chi connectivity index (χ2n) is 6.89. The van der Waals surface area contributed by atoms with Gasteiger partial charge in [0, 0.05) is 39.3 Å². The van der Waals surface area contributed by atoms with Gasteiger partial charge in [-0.3, -0.25) is 4.98 Å². The molecule has 28 heavy (non-hydrogen) atoms. The van der Waals surface area contributed by atoms with Crippen LogP contribution in [-0.4, -0.2) is 10.8 Å². The third kappa shape index (κ3) is 3.96. The molecule has 3 aromatic rings. The molecule has 0 unspecified atom stereocenters. The summed E-state index contributed by atoms with van der Waals surface area (Å²) in [5, 5.41) is 4.59. The summed E-state index contributed by atoms with van der Waals surface area (Å²) in [6.07, 6.45) is 6.55. The van der Waals surface area contributed by atoms with Crippen LogP contribution >= 0.6 is 23.2 Å². The molecule has 2 aromatic carbocycles. The first-order chi connectivity index (χ1) is 13.5. The first-order valence-corrected chi connectivity index (χ1v) is 9.78. The van der Waals surface area contributed by atoms with Gasteiger partial charge in [-0.05, 0) is 67.8 Å². The number of aromatic nitrogens is 1. The number of pyridine rings is 1. The molecule has 0 saturated carbocycles. The Morgan fingerprint density at radius 2 is 1.79 bits per heavy atom. The molecular formula is C23H19Cl2N3. The molecule has 0 fully saturated rings. The minimum absolute atomic E-state index is 0.577. The molecular weight excluding hydrogens is 389 g/mol. The van der Waals surface area contributed by atoms with Crippen molar-refractivity contribution in [2.75, 3.05) is 5.32 Å². The average molecular weight is 408 g/mol. The van der Waals surface area contributed by atoms with E-state index < -0.39 is 0 Å². The number of hydrogen-bond acceptors (Lipinski definition) is 3. The Labute approximate surface area is 174 Å². The monoisotopic (exact) mass is 407 g/mol. The Kier molecular flexibility index (Phi) is 5.21. The van der Waals surface area contributed by atoms with Crippen LogP contribution in [0, 0.1) is 13.8 Å². The van der Waals surface area contributed by atoms with Crippen molar-refractivity contribution in [1.29, 1.82) is 0 Å². The highest BCUT2D eigenvalue weighted by Crippen LogP contribution is 2.29. The maximum Gasteiger partial charge on any atom is 0.138 e. The number of allylic oxidation sites excluding steroid dienone is 1. The number of anilines is 1. The standard InChI is InChI=1S/C23H19Cl2N3/c1-14-8-15(2)20-5-6-22(16-4-3-7-26-13-16)28-23(21(20)9-14)27-19-11-17(24)10-18(25)12-19/h3-4,6-13H,5H2,1-2H3,(H,27,28). The molecule has 4 rings (SSSR count). The van der Waals surface area contributed by atoms with Crippen molar-refractivity contribution in [3.8, 4) is 0 Å². The van der Waals surface area contributed by atoms with Gasteiger partial charge in [-0.25, -0.2) is 4.99 Å². The molecule has 0 aliphatic carbocycles. The van der Waals surface area contributed by atoms with Gasteiger partial charge in [-0.1, -0.05) is 40.9 Å². The van der Waals surface area contributed by atoms with Crippen LogP contribution < -0.4 is 5.32 Å². The summed E-state index contributed by atoms with van der Waals surface area (Å²) in [6, 6.07) is 13.7. The van der Waals surface area contributed by atoms with Gasteiger partial charge < -0.3 is 5.32 Å². The molecule has 0 atom stereocenters. The Balaban J connectivity index is 1.86. The highest BCUT2D eigenvalue weighted by Gasteiger charge is 2.17. The number of hydrogen-bond donors (Lipinski definition) is 1. The number of nitrogens with zero attached hydrogens (tertiary/aromatic N) is 2. The number of amidine groups is 1. The quantitative estimate of drug-likeness (QED) is 0.528. The molecule has 0 amide bonds. The van der Waals surface area contributed by atoms with Crippen molar-refractivity contribution < 1.29 is 0 Å². The smallest absolute Gasteiger partial charge is 0.138 e. The van der Waals surface area contributed by atoms with Gasteiger partial charge in [0.25, 0.3) is 0 Å². The van der Waals surface area contributed by atoms with E-state index in [1.807, 2.05) is 30.5 Å². The van der Waals surface area contributed by atoms with E-state index in [0.29, 0.717) is 10.0 Å². The Morgan fingerprint density at radius 3 is 2.50 bits per heavy atom. The lowest BCUT2D eigenvalue weighted by atomic mass is 9.95. The van der Waals surface area contributed by atoms with Gasteiger partial charge in [0.1, 0.15) is 5.84 Å². The van der Waals surface area contributed by atoms with E-state index in [2.05, 4.69) is 42.4 Å². The van der Waals surface area contributed by atoms with E-state index in [0.717, 1.165) is 34.8 Å². The average Bonchev–Trinajstić information content (AvgIpc) is 2.82. The van der Waals surface area contributed by atoms with E-state index >= 15 is 0 Å². The normalized spacial score (nSPS) is 13.3. The van der Waals surface area contributed by atoms with Crippen LogP contribution in [0.4, 0.5) is 5.69 Å². The van der Waals surface area contributed by atoms with Gasteiger partial charge in [-0.15, -0.1) is 0 Å². The van der Waals surface area contributed by atoms with Crippen molar-refractivity contribution in [3.05, 3.63) is 98.8 Å². The third-order valence-electron chi connectivity index (χ3n) is 4.69. The van der Waals surface area contributed by atoms with E-state index in [4.69, 9.17) is 28.2 Å². The summed E-state index contributed by atoms with van der Waals surface area (Å²) in [6.45, 7) is 4.24. The lowest BCUT2D eigenvalue weighted by Gasteiger charge is -2.16. The maximum atomic E-state index is 6.19. The Morgan fingerprint density at radius 1 is 1.00 bits per heavy atom. The molecule has 1 aromatic heterocycles. The molecule has 140 valence electrons. The lowest BCUT2D eigenvalue weighted by molar-refractivity contribution is 1.19. The minimum atomic E-state index is 0.577. The number of rotatable bonds is 2. The fourth-order valence-corrected chi connectivity index (χ4v) is 3.99. The molecule has 0 saturated heterocycles. The zero-order chi connectivity index (χ0) is 19.7. The molecule has 0 spiro atoms. The number of nitrogens with one attached hydrogen (secondary N) is 1. The first-order valence-electron chi connectivity index (χ1n) is 9.02. The summed E-state index contributed by atoms with van der Waals surface area (Å²) in [5.41, 5.74) is 7.45. The number of aryl methyl sites for hydroxylation is 2. The molecule has 0 radical (unpaired) electrons. The summed E-state index contributed by atoms with van der Waals surface area (Å²) < 4.78 is 0. The van der Waals surface area contributed by atoms with Gasteiger partial charge in [0.05, 0.1) is 5.70 Å². The van der Waals surface area contributed by atoms with Crippen LogP contribution in [0.3, 0.4) is 0 Å². The van der Waals surface area contributed by atoms with Crippen molar-refractivity contribution >= 4 is 40.4 Å². The molecule has 0 bridgehead atoms. The van der Waals surface area contributed by atoms with Crippen LogP contribution in [0.25, 0.3) is 5.70 Å². The fourth-order valence-electron chi connectivity index (χ4n) is 3.46. The predicted octanol–water partition coefficient (Wildman–Crippen LogP) is 6.46. The van der Waals surface area contributed by atoms with Crippen molar-refractivity contribution in [3.63, 3.8) is 0 Å². The van der Waals surface area contributed by atoms with Crippen LogP contribution in [-0.2, 0) is 6.42 Å². The van der Waals surface area contributed by atoms with E-state index in [1.165, 1.54) is 16.7 Å². The topological polar surface area (TPSA) is 37.3 Å². The minimum Gasteiger partial charge on any atom is -0.340 e. The van der Waals surface area contributed by atoms with Gasteiger partial charge in [0.2, 0.25) is 0 Å². The van der Waals surface area contributed by atoms with Gasteiger partial charge >= 0.3 is 0 Å². The maximum absolute atomic E-state index is 6.19. The van der Waals surface area contributed by atoms with Crippen LogP contribution in [0.1, 0.15) is 27.8 Å². The summed E-state index contributed by atoms with van der Waals surface area (Å²) in [4.78, 5) is 9.20. The van der Waals surface area contributed by atoms with Crippen molar-refractivity contribution in [2.45, 2.75) is 20.3 Å². The van der Waals surface area contributed by atoms with Crippen molar-refractivity contribution in [1.82, 2.24) is 4.98 Å². The van der Waals surface area contributed by atoms with Crippen molar-refractivity contribution in [2.24, 2.45) is 4.99 Å². The highest BCUT2D eigenvalue weighted by atomic mass is 35.5. The Bertz CT molecular complexity index is 1080. The van der Waals surface area contributed by atoms with E-state index in [9.17, 15) is 0 Å². The summed E-state index contributed by atoms with van der Waals surface area (Å²) in [7, 11) is 0. The molecule has 1 aliphatic rings. The zero-order valence-electron chi connectivity index (χ0n) is 15.6. The summed E-state index contributed by atoms with van der Waals surface area (Å²) in [5.74, 6) is 0.771. The fraction of sp³-hybridized carbons (Fsp3) is 0.130. The highest BCUT2D eigenvalue weighted by molar-refractivity contribution is 6.35.